The van der Waals surface area contributed by atoms with E-state index in [0.29, 0.717) is 6.07 Å². The summed E-state index contributed by atoms with van der Waals surface area (Å²) in [6, 6.07) is 8.29. The smallest absolute Gasteiger partial charge is 0.262 e. The van der Waals surface area contributed by atoms with Crippen molar-refractivity contribution in [3.63, 3.8) is 0 Å². The van der Waals surface area contributed by atoms with Gasteiger partial charge in [-0.25, -0.2) is 17.2 Å². The molecule has 0 aliphatic carbocycles. The summed E-state index contributed by atoms with van der Waals surface area (Å²) in [5, 5.41) is 9.12. The van der Waals surface area contributed by atoms with Crippen molar-refractivity contribution in [1.29, 1.82) is 0 Å². The Kier molecular flexibility index (Phi) is 4.01. The van der Waals surface area contributed by atoms with Gasteiger partial charge in [0.15, 0.2) is 0 Å². The van der Waals surface area contributed by atoms with Crippen LogP contribution in [0.15, 0.2) is 47.4 Å². The maximum atomic E-state index is 13.5. The lowest BCUT2D eigenvalue weighted by atomic mass is 10.2. The summed E-state index contributed by atoms with van der Waals surface area (Å²) < 4.78 is 52.5. The molecule has 0 saturated heterocycles. The van der Waals surface area contributed by atoms with Crippen molar-refractivity contribution in [2.75, 3.05) is 4.72 Å². The molecule has 0 heterocycles. The first-order valence-electron chi connectivity index (χ1n) is 5.60. The lowest BCUT2D eigenvalue weighted by molar-refractivity contribution is 0.278. The van der Waals surface area contributed by atoms with Crippen molar-refractivity contribution >= 4 is 15.7 Å². The van der Waals surface area contributed by atoms with Crippen molar-refractivity contribution in [2.45, 2.75) is 11.5 Å². The highest BCUT2D eigenvalue weighted by Crippen LogP contribution is 2.22. The van der Waals surface area contributed by atoms with Gasteiger partial charge in [0.05, 0.1) is 17.2 Å². The van der Waals surface area contributed by atoms with E-state index in [0.717, 1.165) is 12.1 Å². The van der Waals surface area contributed by atoms with Crippen LogP contribution in [0.2, 0.25) is 0 Å². The first-order valence-corrected chi connectivity index (χ1v) is 7.09. The fourth-order valence-electron chi connectivity index (χ4n) is 1.67. The average Bonchev–Trinajstić information content (AvgIpc) is 2.42. The molecule has 106 valence electrons. The first kappa shape index (κ1) is 14.4. The van der Waals surface area contributed by atoms with Gasteiger partial charge in [0, 0.05) is 6.07 Å². The maximum absolute atomic E-state index is 13.5. The molecule has 0 spiro atoms. The monoisotopic (exact) mass is 299 g/mol. The molecule has 0 aromatic heterocycles. The van der Waals surface area contributed by atoms with E-state index in [1.165, 1.54) is 18.2 Å². The van der Waals surface area contributed by atoms with Crippen LogP contribution in [0, 0.1) is 11.6 Å². The molecule has 2 aromatic carbocycles. The van der Waals surface area contributed by atoms with Crippen molar-refractivity contribution in [2.24, 2.45) is 0 Å². The molecule has 0 amide bonds. The fourth-order valence-corrected chi connectivity index (χ4v) is 2.97. The zero-order valence-electron chi connectivity index (χ0n) is 10.2. The van der Waals surface area contributed by atoms with Gasteiger partial charge in [-0.05, 0) is 23.8 Å². The number of nitrogens with one attached hydrogen (secondary N) is 1. The standard InChI is InChI=1S/C13H11F2NO3S/c14-10-5-6-12(11(15)7-10)16-20(18,19)13-4-2-1-3-9(13)8-17/h1-7,16-17H,8H2. The van der Waals surface area contributed by atoms with E-state index in [4.69, 9.17) is 5.11 Å². The number of hydrogen-bond donors (Lipinski definition) is 2. The zero-order valence-corrected chi connectivity index (χ0v) is 11.0. The van der Waals surface area contributed by atoms with Gasteiger partial charge in [-0.2, -0.15) is 0 Å². The quantitative estimate of drug-likeness (QED) is 0.910. The molecule has 4 nitrogen and oxygen atoms in total. The number of rotatable bonds is 4. The number of hydrogen-bond acceptors (Lipinski definition) is 3. The zero-order chi connectivity index (χ0) is 14.8. The Morgan fingerprint density at radius 2 is 1.80 bits per heavy atom. The van der Waals surface area contributed by atoms with Crippen LogP contribution in [0.1, 0.15) is 5.56 Å². The van der Waals surface area contributed by atoms with Crippen LogP contribution in [0.5, 0.6) is 0 Å². The van der Waals surface area contributed by atoms with Crippen LogP contribution in [-0.2, 0) is 16.6 Å². The van der Waals surface area contributed by atoms with Gasteiger partial charge < -0.3 is 5.11 Å². The molecule has 7 heteroatoms. The lowest BCUT2D eigenvalue weighted by Gasteiger charge is -2.11. The highest BCUT2D eigenvalue weighted by molar-refractivity contribution is 7.92. The predicted octanol–water partition coefficient (Wildman–Crippen LogP) is 2.26. The Morgan fingerprint density at radius 1 is 1.10 bits per heavy atom. The van der Waals surface area contributed by atoms with Crippen LogP contribution < -0.4 is 4.72 Å². The molecule has 0 saturated carbocycles. The van der Waals surface area contributed by atoms with Crippen molar-refractivity contribution < 1.29 is 22.3 Å². The van der Waals surface area contributed by atoms with E-state index in [9.17, 15) is 17.2 Å². The summed E-state index contributed by atoms with van der Waals surface area (Å²) >= 11 is 0. The highest BCUT2D eigenvalue weighted by Gasteiger charge is 2.19. The molecule has 2 aromatic rings. The Bertz CT molecular complexity index is 732. The summed E-state index contributed by atoms with van der Waals surface area (Å²) in [5.41, 5.74) is -0.179. The van der Waals surface area contributed by atoms with Gasteiger partial charge >= 0.3 is 0 Å². The topological polar surface area (TPSA) is 66.4 Å². The van der Waals surface area contributed by atoms with E-state index in [-0.39, 0.29) is 16.1 Å². The summed E-state index contributed by atoms with van der Waals surface area (Å²) in [5.74, 6) is -1.82. The molecular weight excluding hydrogens is 288 g/mol. The van der Waals surface area contributed by atoms with Crippen LogP contribution in [-0.4, -0.2) is 13.5 Å². The van der Waals surface area contributed by atoms with Crippen LogP contribution in [0.3, 0.4) is 0 Å². The predicted molar refractivity (Wildman–Crippen MR) is 69.5 cm³/mol. The molecule has 0 atom stereocenters. The summed E-state index contributed by atoms with van der Waals surface area (Å²) in [7, 11) is -4.06. The third-order valence-electron chi connectivity index (χ3n) is 2.61. The number of benzene rings is 2. The molecule has 0 unspecified atom stereocenters. The third kappa shape index (κ3) is 2.94. The Labute approximate surface area is 114 Å². The molecular formula is C13H11F2NO3S. The maximum Gasteiger partial charge on any atom is 0.262 e. The molecule has 20 heavy (non-hydrogen) atoms. The Balaban J connectivity index is 2.41. The first-order chi connectivity index (χ1) is 9.44. The SMILES string of the molecule is O=S(=O)(Nc1ccc(F)cc1F)c1ccccc1CO. The lowest BCUT2D eigenvalue weighted by Crippen LogP contribution is -2.16. The summed E-state index contributed by atoms with van der Waals surface area (Å²) in [4.78, 5) is -0.161. The van der Waals surface area contributed by atoms with Gasteiger partial charge in [0.1, 0.15) is 11.6 Å². The van der Waals surface area contributed by atoms with Crippen molar-refractivity contribution in [3.8, 4) is 0 Å². The second kappa shape index (κ2) is 5.56. The van der Waals surface area contributed by atoms with E-state index >= 15 is 0 Å². The van der Waals surface area contributed by atoms with E-state index in [1.54, 1.807) is 6.07 Å². The van der Waals surface area contributed by atoms with Gasteiger partial charge in [-0.15, -0.1) is 0 Å². The fraction of sp³-hybridized carbons (Fsp3) is 0.0769. The van der Waals surface area contributed by atoms with Crippen molar-refractivity contribution in [1.82, 2.24) is 0 Å². The molecule has 0 fully saturated rings. The summed E-state index contributed by atoms with van der Waals surface area (Å²) in [6.07, 6.45) is 0. The number of halogens is 2. The molecule has 0 radical (unpaired) electrons. The van der Waals surface area contributed by atoms with Gasteiger partial charge in [-0.3, -0.25) is 4.72 Å². The van der Waals surface area contributed by atoms with Gasteiger partial charge in [-0.1, -0.05) is 18.2 Å². The number of aliphatic hydroxyl groups is 1. The second-order valence-corrected chi connectivity index (χ2v) is 5.65. The van der Waals surface area contributed by atoms with E-state index in [1.807, 2.05) is 4.72 Å². The minimum absolute atomic E-state index is 0.161. The Hall–Kier alpha value is -1.99. The normalized spacial score (nSPS) is 11.3. The van der Waals surface area contributed by atoms with Crippen molar-refractivity contribution in [3.05, 3.63) is 59.7 Å². The molecule has 0 aliphatic heterocycles. The van der Waals surface area contributed by atoms with E-state index in [2.05, 4.69) is 0 Å². The van der Waals surface area contributed by atoms with Gasteiger partial charge in [0.25, 0.3) is 10.0 Å². The number of aliphatic hydroxyl groups excluding tert-OH is 1. The molecule has 2 rings (SSSR count). The second-order valence-electron chi connectivity index (χ2n) is 4.00. The number of sulfonamides is 1. The summed E-state index contributed by atoms with van der Waals surface area (Å²) in [6.45, 7) is -0.469. The van der Waals surface area contributed by atoms with Crippen LogP contribution in [0.25, 0.3) is 0 Å². The minimum Gasteiger partial charge on any atom is -0.392 e. The highest BCUT2D eigenvalue weighted by atomic mass is 32.2. The third-order valence-corrected chi connectivity index (χ3v) is 4.07. The molecule has 2 N–H and O–H groups in total. The van der Waals surface area contributed by atoms with Crippen LogP contribution in [0.4, 0.5) is 14.5 Å². The van der Waals surface area contributed by atoms with Gasteiger partial charge in [0.2, 0.25) is 0 Å². The van der Waals surface area contributed by atoms with E-state index < -0.39 is 28.3 Å². The number of anilines is 1. The molecule has 0 aliphatic rings. The minimum atomic E-state index is -4.06. The van der Waals surface area contributed by atoms with Crippen LogP contribution >= 0.6 is 0 Å². The largest absolute Gasteiger partial charge is 0.392 e. The molecule has 0 bridgehead atoms. The Morgan fingerprint density at radius 3 is 2.45 bits per heavy atom. The average molecular weight is 299 g/mol.